The molecule has 1 fully saturated rings. The average Bonchev–Trinajstić information content (AvgIpc) is 2.69. The number of hydrogen-bond donors (Lipinski definition) is 1. The number of ether oxygens (including phenoxy) is 2. The maximum absolute atomic E-state index is 11.6. The summed E-state index contributed by atoms with van der Waals surface area (Å²) in [5.74, 6) is 0.107. The van der Waals surface area contributed by atoms with Crippen molar-refractivity contribution in [3.63, 3.8) is 0 Å². The molecule has 1 aliphatic heterocycles. The topological polar surface area (TPSA) is 64.6 Å². The van der Waals surface area contributed by atoms with Crippen LogP contribution in [0.2, 0.25) is 0 Å². The van der Waals surface area contributed by atoms with Crippen LogP contribution in [0.3, 0.4) is 0 Å². The number of thioether (sulfide) groups is 1. The quantitative estimate of drug-likeness (QED) is 0.399. The second-order valence-electron chi connectivity index (χ2n) is 3.86. The number of methoxy groups -OCH3 is 1. The van der Waals surface area contributed by atoms with Crippen molar-refractivity contribution in [3.8, 4) is 11.5 Å². The summed E-state index contributed by atoms with van der Waals surface area (Å²) in [6, 6.07) is 5.02. The molecule has 1 saturated heterocycles. The number of rotatable bonds is 3. The predicted molar refractivity (Wildman–Crippen MR) is 80.6 cm³/mol. The van der Waals surface area contributed by atoms with E-state index < -0.39 is 5.97 Å². The zero-order chi connectivity index (χ0) is 14.7. The van der Waals surface area contributed by atoms with E-state index >= 15 is 0 Å². The van der Waals surface area contributed by atoms with Crippen LogP contribution in [-0.2, 0) is 9.59 Å². The molecule has 0 atom stereocenters. The Morgan fingerprint density at radius 3 is 2.70 bits per heavy atom. The molecular weight excluding hydrogens is 298 g/mol. The Labute approximate surface area is 125 Å². The summed E-state index contributed by atoms with van der Waals surface area (Å²) in [7, 11) is 1.48. The Morgan fingerprint density at radius 1 is 1.40 bits per heavy atom. The van der Waals surface area contributed by atoms with E-state index in [2.05, 4.69) is 5.32 Å². The lowest BCUT2D eigenvalue weighted by atomic mass is 10.2. The van der Waals surface area contributed by atoms with Crippen molar-refractivity contribution in [3.05, 3.63) is 28.7 Å². The lowest BCUT2D eigenvalue weighted by Gasteiger charge is -2.08. The highest BCUT2D eigenvalue weighted by molar-refractivity contribution is 8.26. The van der Waals surface area contributed by atoms with Crippen LogP contribution in [0.5, 0.6) is 11.5 Å². The van der Waals surface area contributed by atoms with Gasteiger partial charge in [-0.15, -0.1) is 0 Å². The van der Waals surface area contributed by atoms with Gasteiger partial charge in [-0.25, -0.2) is 0 Å². The van der Waals surface area contributed by atoms with E-state index in [1.807, 2.05) is 0 Å². The molecule has 1 amide bonds. The highest BCUT2D eigenvalue weighted by atomic mass is 32.2. The Morgan fingerprint density at radius 2 is 2.15 bits per heavy atom. The van der Waals surface area contributed by atoms with Gasteiger partial charge in [0.2, 0.25) is 0 Å². The minimum absolute atomic E-state index is 0.219. The molecule has 1 aromatic rings. The second-order valence-corrected chi connectivity index (χ2v) is 5.58. The third kappa shape index (κ3) is 3.37. The van der Waals surface area contributed by atoms with Gasteiger partial charge in [0.15, 0.2) is 11.5 Å². The van der Waals surface area contributed by atoms with Crippen LogP contribution in [0.15, 0.2) is 23.1 Å². The van der Waals surface area contributed by atoms with Crippen LogP contribution in [0.1, 0.15) is 12.5 Å². The highest BCUT2D eigenvalue weighted by Crippen LogP contribution is 2.31. The van der Waals surface area contributed by atoms with Gasteiger partial charge in [0.05, 0.1) is 12.0 Å². The molecule has 0 unspecified atom stereocenters. The normalized spacial score (nSPS) is 16.2. The largest absolute Gasteiger partial charge is 0.493 e. The van der Waals surface area contributed by atoms with Crippen LogP contribution in [-0.4, -0.2) is 23.3 Å². The summed E-state index contributed by atoms with van der Waals surface area (Å²) in [4.78, 5) is 23.0. The van der Waals surface area contributed by atoms with E-state index in [9.17, 15) is 9.59 Å². The van der Waals surface area contributed by atoms with Gasteiger partial charge in [-0.2, -0.15) is 0 Å². The first-order valence-corrected chi connectivity index (χ1v) is 6.83. The number of esters is 1. The minimum atomic E-state index is -0.425. The Balaban J connectivity index is 2.30. The lowest BCUT2D eigenvalue weighted by Crippen LogP contribution is -2.17. The third-order valence-electron chi connectivity index (χ3n) is 2.38. The zero-order valence-electron chi connectivity index (χ0n) is 10.8. The zero-order valence-corrected chi connectivity index (χ0v) is 12.4. The third-order valence-corrected chi connectivity index (χ3v) is 3.54. The fraction of sp³-hybridized carbons (Fsp3) is 0.154. The van der Waals surface area contributed by atoms with Crippen molar-refractivity contribution in [1.29, 1.82) is 0 Å². The fourth-order valence-corrected chi connectivity index (χ4v) is 2.63. The molecule has 2 rings (SSSR count). The van der Waals surface area contributed by atoms with Crippen LogP contribution in [0.4, 0.5) is 0 Å². The fourth-order valence-electron chi connectivity index (χ4n) is 1.59. The summed E-state index contributed by atoms with van der Waals surface area (Å²) < 4.78 is 10.6. The first-order chi connectivity index (χ1) is 9.49. The molecule has 1 heterocycles. The van der Waals surface area contributed by atoms with Crippen molar-refractivity contribution < 1.29 is 19.1 Å². The SMILES string of the molecule is COc1cc(C=C2SC(=S)NC2=O)ccc1OC(C)=O. The van der Waals surface area contributed by atoms with Gasteiger partial charge in [-0.3, -0.25) is 9.59 Å². The van der Waals surface area contributed by atoms with Crippen molar-refractivity contribution in [2.75, 3.05) is 7.11 Å². The van der Waals surface area contributed by atoms with Gasteiger partial charge in [-0.05, 0) is 23.8 Å². The van der Waals surface area contributed by atoms with Gasteiger partial charge in [0, 0.05) is 6.92 Å². The highest BCUT2D eigenvalue weighted by Gasteiger charge is 2.22. The summed E-state index contributed by atoms with van der Waals surface area (Å²) in [6.07, 6.45) is 1.69. The summed E-state index contributed by atoms with van der Waals surface area (Å²) in [5, 5.41) is 2.54. The standard InChI is InChI=1S/C13H11NO4S2/c1-7(15)18-9-4-3-8(5-10(9)17-2)6-11-12(16)14-13(19)20-11/h3-6H,1-2H3,(H,14,16,19). The molecule has 20 heavy (non-hydrogen) atoms. The molecule has 7 heteroatoms. The summed E-state index contributed by atoms with van der Waals surface area (Å²) in [5.41, 5.74) is 0.750. The molecule has 0 spiro atoms. The molecule has 0 saturated carbocycles. The van der Waals surface area contributed by atoms with Crippen molar-refractivity contribution in [1.82, 2.24) is 5.32 Å². The first-order valence-electron chi connectivity index (χ1n) is 5.61. The smallest absolute Gasteiger partial charge is 0.308 e. The molecular formula is C13H11NO4S2. The maximum atomic E-state index is 11.6. The molecule has 1 aliphatic rings. The van der Waals surface area contributed by atoms with Gasteiger partial charge in [-0.1, -0.05) is 30.0 Å². The second kappa shape index (κ2) is 6.06. The number of carbonyl (C=O) groups excluding carboxylic acids is 2. The first kappa shape index (κ1) is 14.5. The van der Waals surface area contributed by atoms with Crippen LogP contribution < -0.4 is 14.8 Å². The molecule has 1 N–H and O–H groups in total. The van der Waals surface area contributed by atoms with E-state index in [4.69, 9.17) is 21.7 Å². The number of hydrogen-bond acceptors (Lipinski definition) is 6. The number of amides is 1. The van der Waals surface area contributed by atoms with Gasteiger partial charge < -0.3 is 14.8 Å². The van der Waals surface area contributed by atoms with Crippen LogP contribution in [0.25, 0.3) is 6.08 Å². The van der Waals surface area contributed by atoms with Gasteiger partial charge >= 0.3 is 5.97 Å². The molecule has 0 aromatic heterocycles. The van der Waals surface area contributed by atoms with E-state index in [1.165, 1.54) is 25.8 Å². The van der Waals surface area contributed by atoms with Crippen molar-refractivity contribution >= 4 is 46.3 Å². The summed E-state index contributed by atoms with van der Waals surface area (Å²) >= 11 is 6.12. The predicted octanol–water partition coefficient (Wildman–Crippen LogP) is 2.11. The number of benzene rings is 1. The lowest BCUT2D eigenvalue weighted by molar-refractivity contribution is -0.132. The van der Waals surface area contributed by atoms with Crippen LogP contribution in [0, 0.1) is 0 Å². The van der Waals surface area contributed by atoms with E-state index in [1.54, 1.807) is 24.3 Å². The Bertz CT molecular complexity index is 625. The number of carbonyl (C=O) groups is 2. The average molecular weight is 309 g/mol. The van der Waals surface area contributed by atoms with Crippen molar-refractivity contribution in [2.24, 2.45) is 0 Å². The maximum Gasteiger partial charge on any atom is 0.308 e. The van der Waals surface area contributed by atoms with Crippen molar-refractivity contribution in [2.45, 2.75) is 6.92 Å². The Hall–Kier alpha value is -1.86. The minimum Gasteiger partial charge on any atom is -0.493 e. The number of nitrogens with one attached hydrogen (secondary N) is 1. The molecule has 0 aliphatic carbocycles. The van der Waals surface area contributed by atoms with E-state index in [0.717, 1.165) is 5.56 Å². The van der Waals surface area contributed by atoms with Gasteiger partial charge in [0.25, 0.3) is 5.91 Å². The molecule has 104 valence electrons. The van der Waals surface area contributed by atoms with E-state index in [0.29, 0.717) is 20.7 Å². The molecule has 0 bridgehead atoms. The Kier molecular flexibility index (Phi) is 4.41. The molecule has 5 nitrogen and oxygen atoms in total. The van der Waals surface area contributed by atoms with Crippen LogP contribution >= 0.6 is 24.0 Å². The molecule has 0 radical (unpaired) electrons. The monoisotopic (exact) mass is 309 g/mol. The van der Waals surface area contributed by atoms with E-state index in [-0.39, 0.29) is 5.91 Å². The summed E-state index contributed by atoms with van der Waals surface area (Å²) in [6.45, 7) is 1.32. The number of thiocarbonyl (C=S) groups is 1. The molecule has 1 aromatic carbocycles. The van der Waals surface area contributed by atoms with Gasteiger partial charge in [0.1, 0.15) is 4.32 Å².